The van der Waals surface area contributed by atoms with Crippen LogP contribution >= 0.6 is 11.3 Å². The lowest BCUT2D eigenvalue weighted by molar-refractivity contribution is -0.120. The zero-order valence-electron chi connectivity index (χ0n) is 27.3. The second-order valence-corrected chi connectivity index (χ2v) is 12.5. The van der Waals surface area contributed by atoms with E-state index in [1.54, 1.807) is 26.5 Å². The monoisotopic (exact) mass is 657 g/mol. The Morgan fingerprint density at radius 2 is 1.81 bits per heavy atom. The smallest absolute Gasteiger partial charge is 0.248 e. The minimum absolute atomic E-state index is 0.144. The van der Waals surface area contributed by atoms with Gasteiger partial charge in [-0.05, 0) is 72.2 Å². The van der Waals surface area contributed by atoms with Gasteiger partial charge >= 0.3 is 0 Å². The molecule has 11 nitrogen and oxygen atoms in total. The molecular formula is C35H39N5O6S. The Kier molecular flexibility index (Phi) is 10.4. The molecule has 2 atom stereocenters. The summed E-state index contributed by atoms with van der Waals surface area (Å²) in [5.41, 5.74) is 4.31. The molecule has 1 aliphatic carbocycles. The summed E-state index contributed by atoms with van der Waals surface area (Å²) in [5.74, 6) is 1.02. The fourth-order valence-electron chi connectivity index (χ4n) is 5.87. The largest absolute Gasteiger partial charge is 0.493 e. The van der Waals surface area contributed by atoms with E-state index in [0.717, 1.165) is 11.1 Å². The first-order chi connectivity index (χ1) is 22.6. The van der Waals surface area contributed by atoms with E-state index in [1.165, 1.54) is 31.4 Å². The van der Waals surface area contributed by atoms with Gasteiger partial charge in [0, 0.05) is 24.1 Å². The number of methoxy groups -OCH3 is 3. The summed E-state index contributed by atoms with van der Waals surface area (Å²) in [4.78, 5) is 48.7. The lowest BCUT2D eigenvalue weighted by Crippen LogP contribution is -2.37. The van der Waals surface area contributed by atoms with Gasteiger partial charge in [-0.25, -0.2) is 4.98 Å². The lowest BCUT2D eigenvalue weighted by Gasteiger charge is -2.20. The van der Waals surface area contributed by atoms with Crippen LogP contribution in [0.2, 0.25) is 0 Å². The molecule has 2 heterocycles. The molecule has 4 aromatic rings. The second kappa shape index (κ2) is 14.6. The van der Waals surface area contributed by atoms with E-state index in [1.807, 2.05) is 49.6 Å². The first-order valence-corrected chi connectivity index (χ1v) is 16.2. The number of carbonyl (C=O) groups excluding carboxylic acids is 2. The standard InChI is InChI=1S/C35H39N5O6S/c1-19(2)15-27(34(43)40-35-39-28(18-47-35)25-9-7-8-14-36-25)38-26-13-11-22-23(17-29(26)42)24(37-20(3)41)12-10-21-16-30(44-4)32(45-5)33(46-6)31(21)22/h7-9,11,13-14,16-19,24,27H,10,12,15H2,1-6H3,(H,37,41)(H,38,42)(H,39,40,43)/t24-,27+/m0/s1. The van der Waals surface area contributed by atoms with Crippen molar-refractivity contribution < 1.29 is 23.8 Å². The van der Waals surface area contributed by atoms with Crippen LogP contribution in [-0.2, 0) is 16.0 Å². The number of amides is 2. The van der Waals surface area contributed by atoms with Crippen LogP contribution in [0.4, 0.5) is 10.8 Å². The van der Waals surface area contributed by atoms with Crippen LogP contribution in [-0.4, -0.2) is 49.2 Å². The molecule has 3 N–H and O–H groups in total. The van der Waals surface area contributed by atoms with Crippen LogP contribution in [0.5, 0.6) is 17.2 Å². The van der Waals surface area contributed by atoms with Crippen LogP contribution in [0.15, 0.2) is 58.8 Å². The van der Waals surface area contributed by atoms with Crippen molar-refractivity contribution in [3.8, 4) is 39.8 Å². The molecule has 0 fully saturated rings. The molecule has 2 amide bonds. The van der Waals surface area contributed by atoms with Crippen molar-refractivity contribution in [1.29, 1.82) is 0 Å². The number of anilines is 2. The summed E-state index contributed by atoms with van der Waals surface area (Å²) >= 11 is 1.30. The normalized spacial score (nSPS) is 14.2. The highest BCUT2D eigenvalue weighted by molar-refractivity contribution is 7.14. The quantitative estimate of drug-likeness (QED) is 0.181. The van der Waals surface area contributed by atoms with Crippen molar-refractivity contribution in [1.82, 2.24) is 15.3 Å². The number of ether oxygens (including phenoxy) is 3. The van der Waals surface area contributed by atoms with Crippen LogP contribution in [0.1, 0.15) is 50.8 Å². The number of pyridine rings is 1. The van der Waals surface area contributed by atoms with Gasteiger partial charge in [-0.2, -0.15) is 0 Å². The first-order valence-electron chi connectivity index (χ1n) is 15.3. The van der Waals surface area contributed by atoms with Gasteiger partial charge in [0.1, 0.15) is 11.7 Å². The Labute approximate surface area is 277 Å². The zero-order valence-corrected chi connectivity index (χ0v) is 28.1. The number of nitrogens with one attached hydrogen (secondary N) is 3. The van der Waals surface area contributed by atoms with E-state index >= 15 is 0 Å². The molecule has 0 bridgehead atoms. The fraction of sp³-hybridized carbons (Fsp3) is 0.343. The Morgan fingerprint density at radius 1 is 1.02 bits per heavy atom. The van der Waals surface area contributed by atoms with E-state index in [9.17, 15) is 14.4 Å². The van der Waals surface area contributed by atoms with Gasteiger partial charge < -0.3 is 30.2 Å². The molecule has 0 saturated carbocycles. The van der Waals surface area contributed by atoms with Crippen molar-refractivity contribution in [2.45, 2.75) is 52.1 Å². The maximum Gasteiger partial charge on any atom is 0.248 e. The van der Waals surface area contributed by atoms with E-state index < -0.39 is 12.1 Å². The number of benzene rings is 1. The average molecular weight is 658 g/mol. The molecule has 0 spiro atoms. The first kappa shape index (κ1) is 33.4. The highest BCUT2D eigenvalue weighted by Gasteiger charge is 2.30. The van der Waals surface area contributed by atoms with Crippen molar-refractivity contribution in [3.05, 3.63) is 75.4 Å². The van der Waals surface area contributed by atoms with Gasteiger partial charge in [0.2, 0.25) is 23.0 Å². The molecule has 0 aliphatic heterocycles. The highest BCUT2D eigenvalue weighted by Crippen LogP contribution is 2.50. The van der Waals surface area contributed by atoms with E-state index in [0.29, 0.717) is 64.2 Å². The van der Waals surface area contributed by atoms with Gasteiger partial charge in [-0.3, -0.25) is 19.4 Å². The van der Waals surface area contributed by atoms with Crippen LogP contribution in [0.25, 0.3) is 22.5 Å². The van der Waals surface area contributed by atoms with Crippen LogP contribution in [0, 0.1) is 5.92 Å². The molecule has 0 radical (unpaired) electrons. The minimum Gasteiger partial charge on any atom is -0.493 e. The number of carbonyl (C=O) groups is 2. The lowest BCUT2D eigenvalue weighted by atomic mass is 9.95. The Hall–Kier alpha value is -4.97. The molecule has 0 saturated heterocycles. The number of thiazole rings is 1. The summed E-state index contributed by atoms with van der Waals surface area (Å²) in [6.45, 7) is 5.48. The summed E-state index contributed by atoms with van der Waals surface area (Å²) < 4.78 is 17.2. The topological polar surface area (TPSA) is 141 Å². The minimum atomic E-state index is -0.732. The summed E-state index contributed by atoms with van der Waals surface area (Å²) in [6, 6.07) is 11.3. The Bertz CT molecular complexity index is 1830. The summed E-state index contributed by atoms with van der Waals surface area (Å²) in [6.07, 6.45) is 3.28. The third-order valence-electron chi connectivity index (χ3n) is 7.93. The molecule has 246 valence electrons. The number of fused-ring (bicyclic) bond motifs is 3. The Balaban J connectivity index is 1.55. The fourth-order valence-corrected chi connectivity index (χ4v) is 6.58. The van der Waals surface area contributed by atoms with E-state index in [2.05, 4.69) is 25.9 Å². The molecule has 2 aromatic heterocycles. The second-order valence-electron chi connectivity index (χ2n) is 11.7. The number of hydrogen-bond acceptors (Lipinski definition) is 10. The molecule has 12 heteroatoms. The maximum absolute atomic E-state index is 13.9. The SMILES string of the molecule is COc1cc2c(c(OC)c1OC)-c1ccc(N[C@H](CC(C)C)C(=O)Nc3nc(-c4ccccn4)cs3)c(=O)cc1[C@@H](NC(C)=O)CC2. The molecule has 47 heavy (non-hydrogen) atoms. The van der Waals surface area contributed by atoms with Crippen molar-refractivity contribution in [2.24, 2.45) is 5.92 Å². The van der Waals surface area contributed by atoms with Gasteiger partial charge in [0.15, 0.2) is 16.6 Å². The third kappa shape index (κ3) is 7.38. The number of rotatable bonds is 11. The Morgan fingerprint density at radius 3 is 2.47 bits per heavy atom. The van der Waals surface area contributed by atoms with Crippen molar-refractivity contribution >= 4 is 34.0 Å². The van der Waals surface area contributed by atoms with Gasteiger partial charge in [-0.15, -0.1) is 11.3 Å². The molecule has 2 aromatic carbocycles. The maximum atomic E-state index is 13.9. The number of aryl methyl sites for hydroxylation is 1. The molecule has 1 aliphatic rings. The molecular weight excluding hydrogens is 618 g/mol. The van der Waals surface area contributed by atoms with Gasteiger partial charge in [0.25, 0.3) is 0 Å². The molecule has 0 unspecified atom stereocenters. The predicted octanol–water partition coefficient (Wildman–Crippen LogP) is 5.85. The van der Waals surface area contributed by atoms with E-state index in [-0.39, 0.29) is 28.8 Å². The van der Waals surface area contributed by atoms with Crippen LogP contribution < -0.4 is 35.6 Å². The van der Waals surface area contributed by atoms with E-state index in [4.69, 9.17) is 14.2 Å². The van der Waals surface area contributed by atoms with Crippen molar-refractivity contribution in [2.75, 3.05) is 32.0 Å². The average Bonchev–Trinajstić information content (AvgIpc) is 3.40. The van der Waals surface area contributed by atoms with Gasteiger partial charge in [0.05, 0.1) is 38.8 Å². The number of aromatic nitrogens is 2. The third-order valence-corrected chi connectivity index (χ3v) is 8.69. The predicted molar refractivity (Wildman–Crippen MR) is 184 cm³/mol. The van der Waals surface area contributed by atoms with Crippen LogP contribution in [0.3, 0.4) is 0 Å². The van der Waals surface area contributed by atoms with Crippen molar-refractivity contribution in [3.63, 3.8) is 0 Å². The zero-order chi connectivity index (χ0) is 33.7. The summed E-state index contributed by atoms with van der Waals surface area (Å²) in [5, 5.41) is 11.4. The number of nitrogens with zero attached hydrogens (tertiary/aromatic N) is 2. The van der Waals surface area contributed by atoms with Gasteiger partial charge in [-0.1, -0.05) is 26.0 Å². The summed E-state index contributed by atoms with van der Waals surface area (Å²) in [7, 11) is 4.66. The highest BCUT2D eigenvalue weighted by atomic mass is 32.1. The number of hydrogen-bond donors (Lipinski definition) is 3. The molecule has 5 rings (SSSR count).